The highest BCUT2D eigenvalue weighted by Crippen LogP contribution is 2.38. The summed E-state index contributed by atoms with van der Waals surface area (Å²) in [5.41, 5.74) is 1.95. The molecule has 2 aromatic rings. The van der Waals surface area contributed by atoms with Crippen LogP contribution in [0.15, 0.2) is 52.4 Å². The molecule has 4 rings (SSSR count). The summed E-state index contributed by atoms with van der Waals surface area (Å²) in [6, 6.07) is 12.8. The highest BCUT2D eigenvalue weighted by atomic mass is 32.2. The molecule has 0 unspecified atom stereocenters. The number of aliphatic imine (C=N–C) groups is 1. The number of carbonyl (C=O) groups excluding carboxylic acids is 2. The van der Waals surface area contributed by atoms with E-state index in [1.165, 1.54) is 11.8 Å². The average molecular weight is 496 g/mol. The molecule has 2 fully saturated rings. The Morgan fingerprint density at radius 1 is 1.17 bits per heavy atom. The van der Waals surface area contributed by atoms with Crippen LogP contribution >= 0.6 is 11.8 Å². The van der Waals surface area contributed by atoms with Gasteiger partial charge < -0.3 is 19.1 Å². The minimum absolute atomic E-state index is 0.0417. The monoisotopic (exact) mass is 495 g/mol. The van der Waals surface area contributed by atoms with Gasteiger partial charge in [0.1, 0.15) is 0 Å². The fourth-order valence-corrected chi connectivity index (χ4v) is 4.94. The molecule has 0 spiro atoms. The van der Waals surface area contributed by atoms with Gasteiger partial charge in [-0.3, -0.25) is 14.5 Å². The third-order valence-corrected chi connectivity index (χ3v) is 6.63. The van der Waals surface area contributed by atoms with Crippen molar-refractivity contribution in [3.63, 3.8) is 0 Å². The van der Waals surface area contributed by atoms with Crippen molar-refractivity contribution in [1.82, 2.24) is 9.80 Å². The molecule has 0 saturated carbocycles. The number of nitrogens with zero attached hydrogens (tertiary/aromatic N) is 3. The van der Waals surface area contributed by atoms with Crippen LogP contribution in [0.2, 0.25) is 0 Å². The van der Waals surface area contributed by atoms with Crippen LogP contribution in [0.3, 0.4) is 0 Å². The number of amidine groups is 1. The number of carbonyl (C=O) groups is 2. The minimum atomic E-state index is -0.123. The lowest BCUT2D eigenvalue weighted by Gasteiger charge is -2.26. The molecule has 0 N–H and O–H groups in total. The van der Waals surface area contributed by atoms with Crippen molar-refractivity contribution in [2.24, 2.45) is 4.99 Å². The zero-order valence-corrected chi connectivity index (χ0v) is 21.0. The van der Waals surface area contributed by atoms with E-state index in [1.54, 1.807) is 29.0 Å². The smallest absolute Gasteiger partial charge is 0.266 e. The summed E-state index contributed by atoms with van der Waals surface area (Å²) in [4.78, 5) is 34.7. The number of likely N-dealkylation sites (N-methyl/N-ethyl adjacent to an activating group) is 1. The molecule has 9 heteroatoms. The molecular formula is C26H29N3O5S. The van der Waals surface area contributed by atoms with E-state index < -0.39 is 0 Å². The second-order valence-corrected chi connectivity index (χ2v) is 8.83. The molecule has 0 atom stereocenters. The minimum Gasteiger partial charge on any atom is -0.493 e. The Kier molecular flexibility index (Phi) is 8.09. The number of amides is 2. The van der Waals surface area contributed by atoms with E-state index in [9.17, 15) is 9.59 Å². The molecule has 2 heterocycles. The largest absolute Gasteiger partial charge is 0.493 e. The molecular weight excluding hydrogens is 466 g/mol. The number of hydrogen-bond donors (Lipinski definition) is 0. The molecule has 0 aromatic heterocycles. The van der Waals surface area contributed by atoms with Gasteiger partial charge in [-0.2, -0.15) is 0 Å². The lowest BCUT2D eigenvalue weighted by Crippen LogP contribution is -2.40. The second-order valence-electron chi connectivity index (χ2n) is 7.82. The summed E-state index contributed by atoms with van der Waals surface area (Å²) >= 11 is 1.30. The maximum absolute atomic E-state index is 13.2. The summed E-state index contributed by atoms with van der Waals surface area (Å²) in [5, 5.41) is 0.570. The van der Waals surface area contributed by atoms with Crippen LogP contribution in [0.4, 0.5) is 5.69 Å². The van der Waals surface area contributed by atoms with Crippen LogP contribution in [0.5, 0.6) is 11.5 Å². The van der Waals surface area contributed by atoms with Crippen LogP contribution in [0.25, 0.3) is 6.08 Å². The van der Waals surface area contributed by atoms with E-state index in [4.69, 9.17) is 19.2 Å². The van der Waals surface area contributed by atoms with Crippen LogP contribution in [0.1, 0.15) is 29.8 Å². The fraction of sp³-hybridized carbons (Fsp3) is 0.346. The predicted molar refractivity (Wildman–Crippen MR) is 137 cm³/mol. The Hall–Kier alpha value is -3.30. The topological polar surface area (TPSA) is 80.7 Å². The number of morpholine rings is 1. The van der Waals surface area contributed by atoms with Crippen LogP contribution in [-0.4, -0.2) is 73.3 Å². The van der Waals surface area contributed by atoms with Crippen molar-refractivity contribution in [3.8, 4) is 11.5 Å². The first-order valence-corrected chi connectivity index (χ1v) is 12.4. The highest BCUT2D eigenvalue weighted by molar-refractivity contribution is 8.18. The lowest BCUT2D eigenvalue weighted by molar-refractivity contribution is -0.122. The molecule has 0 radical (unpaired) electrons. The molecule has 8 nitrogen and oxygen atoms in total. The van der Waals surface area contributed by atoms with Gasteiger partial charge in [-0.05, 0) is 56.0 Å². The highest BCUT2D eigenvalue weighted by Gasteiger charge is 2.32. The number of hydrogen-bond acceptors (Lipinski definition) is 7. The number of thioether (sulfide) groups is 1. The Labute approximate surface area is 209 Å². The number of benzene rings is 2. The van der Waals surface area contributed by atoms with Crippen molar-refractivity contribution in [2.45, 2.75) is 13.8 Å². The zero-order valence-electron chi connectivity index (χ0n) is 20.2. The summed E-state index contributed by atoms with van der Waals surface area (Å²) in [5.74, 6) is 1.04. The molecule has 0 aliphatic carbocycles. The Balaban J connectivity index is 1.62. The molecule has 35 heavy (non-hydrogen) atoms. The van der Waals surface area contributed by atoms with Crippen molar-refractivity contribution in [1.29, 1.82) is 0 Å². The van der Waals surface area contributed by atoms with Gasteiger partial charge in [0.2, 0.25) is 0 Å². The second kappa shape index (κ2) is 11.4. The van der Waals surface area contributed by atoms with Gasteiger partial charge in [-0.1, -0.05) is 18.2 Å². The van der Waals surface area contributed by atoms with Crippen LogP contribution in [0, 0.1) is 0 Å². The summed E-state index contributed by atoms with van der Waals surface area (Å²) in [7, 11) is 1.59. The van der Waals surface area contributed by atoms with Gasteiger partial charge in [0, 0.05) is 30.8 Å². The van der Waals surface area contributed by atoms with Crippen molar-refractivity contribution in [3.05, 3.63) is 58.5 Å². The predicted octanol–water partition coefficient (Wildman–Crippen LogP) is 4.19. The molecule has 2 aliphatic heterocycles. The molecule has 184 valence electrons. The lowest BCUT2D eigenvalue weighted by atomic mass is 10.1. The Morgan fingerprint density at radius 3 is 2.66 bits per heavy atom. The standard InChI is InChI=1S/C26H29N3O5S/c1-4-29-25(31)22(17-18-8-7-11-21(32-3)23(18)34-5-2)35-26(29)27-20-10-6-9-19(16-20)24(30)28-12-14-33-15-13-28/h6-11,16-17H,4-5,12-15H2,1-3H3/b22-17+,27-26?. The third-order valence-electron chi connectivity index (χ3n) is 5.63. The molecule has 2 aliphatic rings. The molecule has 2 saturated heterocycles. The maximum atomic E-state index is 13.2. The fourth-order valence-electron chi connectivity index (χ4n) is 3.89. The maximum Gasteiger partial charge on any atom is 0.266 e. The molecule has 2 amide bonds. The van der Waals surface area contributed by atoms with Crippen LogP contribution in [-0.2, 0) is 9.53 Å². The van der Waals surface area contributed by atoms with Gasteiger partial charge in [0.15, 0.2) is 16.7 Å². The Bertz CT molecular complexity index is 1160. The van der Waals surface area contributed by atoms with E-state index in [0.29, 0.717) is 72.3 Å². The van der Waals surface area contributed by atoms with Gasteiger partial charge in [-0.15, -0.1) is 0 Å². The normalized spacial score (nSPS) is 18.4. The Morgan fingerprint density at radius 2 is 1.94 bits per heavy atom. The van der Waals surface area contributed by atoms with E-state index in [-0.39, 0.29) is 11.8 Å². The third kappa shape index (κ3) is 5.52. The van der Waals surface area contributed by atoms with Crippen molar-refractivity contribution < 1.29 is 23.8 Å². The first-order valence-electron chi connectivity index (χ1n) is 11.6. The molecule has 0 bridgehead atoms. The quantitative estimate of drug-likeness (QED) is 0.536. The van der Waals surface area contributed by atoms with E-state index in [1.807, 2.05) is 50.3 Å². The number of rotatable bonds is 7. The zero-order chi connectivity index (χ0) is 24.8. The van der Waals surface area contributed by atoms with Gasteiger partial charge in [-0.25, -0.2) is 4.99 Å². The summed E-state index contributed by atoms with van der Waals surface area (Å²) < 4.78 is 16.6. The summed E-state index contributed by atoms with van der Waals surface area (Å²) in [6.45, 7) is 7.01. The SMILES string of the molecule is CCOc1c(/C=C2/SC(=Nc3cccc(C(=O)N4CCOCC4)c3)N(CC)C2=O)cccc1OC. The number of methoxy groups -OCH3 is 1. The van der Waals surface area contributed by atoms with Crippen molar-refractivity contribution in [2.75, 3.05) is 46.6 Å². The van der Waals surface area contributed by atoms with Crippen LogP contribution < -0.4 is 9.47 Å². The van der Waals surface area contributed by atoms with E-state index in [2.05, 4.69) is 0 Å². The first-order chi connectivity index (χ1) is 17.0. The van der Waals surface area contributed by atoms with Gasteiger partial charge in [0.25, 0.3) is 11.8 Å². The van der Waals surface area contributed by atoms with Gasteiger partial charge in [0.05, 0.1) is 37.5 Å². The van der Waals surface area contributed by atoms with Gasteiger partial charge >= 0.3 is 0 Å². The van der Waals surface area contributed by atoms with Crippen molar-refractivity contribution >= 4 is 40.5 Å². The molecule has 2 aromatic carbocycles. The number of ether oxygens (including phenoxy) is 3. The first kappa shape index (κ1) is 24.8. The van der Waals surface area contributed by atoms with E-state index in [0.717, 1.165) is 5.56 Å². The van der Waals surface area contributed by atoms with E-state index >= 15 is 0 Å². The average Bonchev–Trinajstić information content (AvgIpc) is 3.18. The summed E-state index contributed by atoms with van der Waals surface area (Å²) in [6.07, 6.45) is 1.81. The number of para-hydroxylation sites is 1.